The fraction of sp³-hybridized carbons (Fsp3) is 0.227. The van der Waals surface area contributed by atoms with E-state index < -0.39 is 5.60 Å². The predicted molar refractivity (Wildman–Crippen MR) is 112 cm³/mol. The van der Waals surface area contributed by atoms with E-state index in [0.29, 0.717) is 16.2 Å². The Morgan fingerprint density at radius 1 is 0.889 bits per heavy atom. The van der Waals surface area contributed by atoms with Gasteiger partial charge in [-0.2, -0.15) is 5.10 Å². The summed E-state index contributed by atoms with van der Waals surface area (Å²) in [6.45, 7) is 6.07. The Labute approximate surface area is 165 Å². The lowest BCUT2D eigenvalue weighted by molar-refractivity contribution is 0.125. The van der Waals surface area contributed by atoms with E-state index in [2.05, 4.69) is 15.5 Å². The molecule has 3 aromatic rings. The molecule has 0 radical (unpaired) electrons. The van der Waals surface area contributed by atoms with E-state index in [0.717, 1.165) is 11.1 Å². The number of nitrogens with zero attached hydrogens (tertiary/aromatic N) is 2. The minimum Gasteiger partial charge on any atom is -0.376 e. The molecule has 0 spiro atoms. The van der Waals surface area contributed by atoms with Crippen LogP contribution in [0.4, 0.5) is 0 Å². The van der Waals surface area contributed by atoms with Crippen molar-refractivity contribution in [2.45, 2.75) is 31.9 Å². The fourth-order valence-electron chi connectivity index (χ4n) is 3.03. The van der Waals surface area contributed by atoms with Gasteiger partial charge in [0, 0.05) is 11.1 Å². The Bertz CT molecular complexity index is 882. The van der Waals surface area contributed by atoms with Gasteiger partial charge < -0.3 is 10.4 Å². The molecule has 0 aliphatic rings. The Hall–Kier alpha value is -2.63. The van der Waals surface area contributed by atoms with Crippen molar-refractivity contribution in [3.8, 4) is 0 Å². The molecule has 0 aliphatic carbocycles. The molecule has 138 valence electrons. The van der Waals surface area contributed by atoms with Crippen molar-refractivity contribution in [1.29, 1.82) is 0 Å². The smallest absolute Gasteiger partial charge is 0.142 e. The van der Waals surface area contributed by atoms with Crippen molar-refractivity contribution >= 4 is 17.2 Å². The maximum atomic E-state index is 12.0. The molecule has 0 amide bonds. The van der Waals surface area contributed by atoms with Crippen LogP contribution in [-0.2, 0) is 5.60 Å². The number of aliphatic hydroxyl groups is 1. The van der Waals surface area contributed by atoms with Gasteiger partial charge in [0.15, 0.2) is 0 Å². The molecule has 3 rings (SSSR count). The third-order valence-electron chi connectivity index (χ3n) is 4.20. The lowest BCUT2D eigenvalue weighted by Gasteiger charge is -2.32. The number of benzene rings is 2. The van der Waals surface area contributed by atoms with E-state index in [1.165, 1.54) is 0 Å². The first-order valence-electron chi connectivity index (χ1n) is 8.80. The molecule has 1 heterocycles. The number of rotatable bonds is 4. The SMILES string of the molecule is CC(C)(C)NC(=S)c1nnccc1C(O)(c1ccccc1)c1ccccc1. The molecular weight excluding hydrogens is 354 g/mol. The summed E-state index contributed by atoms with van der Waals surface area (Å²) in [5.41, 5.74) is 0.906. The summed E-state index contributed by atoms with van der Waals surface area (Å²) in [5.74, 6) is 0. The normalized spacial score (nSPS) is 11.9. The first-order valence-corrected chi connectivity index (χ1v) is 9.21. The van der Waals surface area contributed by atoms with Crippen LogP contribution in [-0.4, -0.2) is 25.8 Å². The molecule has 0 fully saturated rings. The molecule has 27 heavy (non-hydrogen) atoms. The second kappa shape index (κ2) is 7.55. The van der Waals surface area contributed by atoms with E-state index in [-0.39, 0.29) is 5.54 Å². The van der Waals surface area contributed by atoms with Gasteiger partial charge in [-0.15, -0.1) is 5.10 Å². The lowest BCUT2D eigenvalue weighted by Crippen LogP contribution is -2.42. The number of thiocarbonyl (C=S) groups is 1. The van der Waals surface area contributed by atoms with Crippen LogP contribution in [0.3, 0.4) is 0 Å². The van der Waals surface area contributed by atoms with Gasteiger partial charge in [0.1, 0.15) is 16.3 Å². The van der Waals surface area contributed by atoms with Crippen LogP contribution in [0.2, 0.25) is 0 Å². The van der Waals surface area contributed by atoms with Crippen LogP contribution in [0.1, 0.15) is 43.2 Å². The monoisotopic (exact) mass is 377 g/mol. The zero-order valence-electron chi connectivity index (χ0n) is 15.7. The molecule has 0 unspecified atom stereocenters. The second-order valence-corrected chi connectivity index (χ2v) is 7.85. The molecule has 0 aliphatic heterocycles. The highest BCUT2D eigenvalue weighted by atomic mass is 32.1. The molecule has 2 N–H and O–H groups in total. The third-order valence-corrected chi connectivity index (χ3v) is 4.49. The van der Waals surface area contributed by atoms with E-state index in [4.69, 9.17) is 12.2 Å². The summed E-state index contributed by atoms with van der Waals surface area (Å²) < 4.78 is 0. The zero-order valence-corrected chi connectivity index (χ0v) is 16.5. The Kier molecular flexibility index (Phi) is 5.35. The molecule has 2 aromatic carbocycles. The van der Waals surface area contributed by atoms with Crippen molar-refractivity contribution in [3.63, 3.8) is 0 Å². The number of hydrogen-bond donors (Lipinski definition) is 2. The second-order valence-electron chi connectivity index (χ2n) is 7.44. The van der Waals surface area contributed by atoms with Crippen molar-refractivity contribution in [2.75, 3.05) is 0 Å². The minimum atomic E-state index is -1.41. The summed E-state index contributed by atoms with van der Waals surface area (Å²) in [5, 5.41) is 23.5. The van der Waals surface area contributed by atoms with Gasteiger partial charge in [0.2, 0.25) is 0 Å². The van der Waals surface area contributed by atoms with Gasteiger partial charge in [-0.05, 0) is 38.0 Å². The van der Waals surface area contributed by atoms with Crippen molar-refractivity contribution in [3.05, 3.63) is 95.3 Å². The third kappa shape index (κ3) is 4.04. The summed E-state index contributed by atoms with van der Waals surface area (Å²) in [4.78, 5) is 0.455. The zero-order chi connectivity index (χ0) is 19.5. The molecular formula is C22H23N3OS. The molecule has 5 heteroatoms. The molecule has 0 atom stereocenters. The first-order chi connectivity index (χ1) is 12.8. The average Bonchev–Trinajstić information content (AvgIpc) is 2.67. The first kappa shape index (κ1) is 19.1. The number of nitrogens with one attached hydrogen (secondary N) is 1. The van der Waals surface area contributed by atoms with E-state index in [9.17, 15) is 5.11 Å². The van der Waals surface area contributed by atoms with Crippen LogP contribution in [0, 0.1) is 0 Å². The van der Waals surface area contributed by atoms with Gasteiger partial charge in [-0.1, -0.05) is 72.9 Å². The van der Waals surface area contributed by atoms with Crippen LogP contribution in [0.25, 0.3) is 0 Å². The molecule has 1 aromatic heterocycles. The van der Waals surface area contributed by atoms with Crippen LogP contribution < -0.4 is 5.32 Å². The standard InChI is InChI=1S/C22H23N3OS/c1-21(2,3)24-20(27)19-18(14-15-23-25-19)22(26,16-10-6-4-7-11-16)17-12-8-5-9-13-17/h4-15,26H,1-3H3,(H,24,27). The Balaban J connectivity index is 2.22. The van der Waals surface area contributed by atoms with E-state index in [1.807, 2.05) is 81.4 Å². The molecule has 0 saturated carbocycles. The molecule has 0 saturated heterocycles. The quantitative estimate of drug-likeness (QED) is 0.677. The maximum Gasteiger partial charge on any atom is 0.142 e. The van der Waals surface area contributed by atoms with Crippen molar-refractivity contribution < 1.29 is 5.11 Å². The predicted octanol–water partition coefficient (Wildman–Crippen LogP) is 3.82. The summed E-state index contributed by atoms with van der Waals surface area (Å²) >= 11 is 5.60. The van der Waals surface area contributed by atoms with Gasteiger partial charge in [0.25, 0.3) is 0 Å². The van der Waals surface area contributed by atoms with Crippen molar-refractivity contribution in [2.24, 2.45) is 0 Å². The highest BCUT2D eigenvalue weighted by molar-refractivity contribution is 7.80. The Morgan fingerprint density at radius 3 is 1.89 bits per heavy atom. The number of hydrogen-bond acceptors (Lipinski definition) is 4. The molecule has 0 bridgehead atoms. The minimum absolute atomic E-state index is 0.233. The van der Waals surface area contributed by atoms with Gasteiger partial charge in [0.05, 0.1) is 6.20 Å². The topological polar surface area (TPSA) is 58.0 Å². The maximum absolute atomic E-state index is 12.0. The summed E-state index contributed by atoms with van der Waals surface area (Å²) in [6.07, 6.45) is 1.58. The van der Waals surface area contributed by atoms with Crippen LogP contribution >= 0.6 is 12.2 Å². The van der Waals surface area contributed by atoms with E-state index in [1.54, 1.807) is 12.3 Å². The van der Waals surface area contributed by atoms with Crippen LogP contribution in [0.15, 0.2) is 72.9 Å². The highest BCUT2D eigenvalue weighted by Crippen LogP contribution is 2.37. The Morgan fingerprint density at radius 2 is 1.41 bits per heavy atom. The van der Waals surface area contributed by atoms with Gasteiger partial charge in [-0.3, -0.25) is 0 Å². The van der Waals surface area contributed by atoms with Crippen molar-refractivity contribution in [1.82, 2.24) is 15.5 Å². The van der Waals surface area contributed by atoms with E-state index >= 15 is 0 Å². The summed E-state index contributed by atoms with van der Waals surface area (Å²) in [7, 11) is 0. The van der Waals surface area contributed by atoms with Gasteiger partial charge in [-0.25, -0.2) is 0 Å². The number of aromatic nitrogens is 2. The fourth-order valence-corrected chi connectivity index (χ4v) is 3.48. The molecule has 4 nitrogen and oxygen atoms in total. The van der Waals surface area contributed by atoms with Crippen LogP contribution in [0.5, 0.6) is 0 Å². The highest BCUT2D eigenvalue weighted by Gasteiger charge is 2.37. The average molecular weight is 378 g/mol. The summed E-state index contributed by atoms with van der Waals surface area (Å²) in [6, 6.07) is 20.8. The largest absolute Gasteiger partial charge is 0.376 e. The van der Waals surface area contributed by atoms with Gasteiger partial charge >= 0.3 is 0 Å². The lowest BCUT2D eigenvalue weighted by atomic mass is 9.79.